The van der Waals surface area contributed by atoms with Crippen LogP contribution in [-0.2, 0) is 4.79 Å². The molecule has 0 aromatic heterocycles. The zero-order valence-corrected chi connectivity index (χ0v) is 9.86. The van der Waals surface area contributed by atoms with Crippen molar-refractivity contribution in [2.24, 2.45) is 0 Å². The first kappa shape index (κ1) is 12.1. The molecule has 1 atom stereocenters. The summed E-state index contributed by atoms with van der Waals surface area (Å²) in [6, 6.07) is -0.682. The van der Waals surface area contributed by atoms with Crippen LogP contribution in [0.5, 0.6) is 0 Å². The van der Waals surface area contributed by atoms with Crippen LogP contribution in [-0.4, -0.2) is 53.9 Å². The Bertz CT molecular complexity index is 261. The first-order chi connectivity index (χ1) is 7.58. The second-order valence-corrected chi connectivity index (χ2v) is 5.51. The second-order valence-electron chi connectivity index (χ2n) is 4.28. The van der Waals surface area contributed by atoms with Crippen molar-refractivity contribution < 1.29 is 13.6 Å². The predicted molar refractivity (Wildman–Crippen MR) is 59.9 cm³/mol. The molecular weight excluding hydrogens is 234 g/mol. The van der Waals surface area contributed by atoms with E-state index in [1.165, 1.54) is 0 Å². The molecule has 2 aliphatic rings. The summed E-state index contributed by atoms with van der Waals surface area (Å²) in [4.78, 5) is 13.7. The van der Waals surface area contributed by atoms with Crippen LogP contribution in [0, 0.1) is 0 Å². The van der Waals surface area contributed by atoms with E-state index in [4.69, 9.17) is 0 Å². The molecule has 1 N–H and O–H groups in total. The van der Waals surface area contributed by atoms with Crippen molar-refractivity contribution in [1.82, 2.24) is 10.2 Å². The Kier molecular flexibility index (Phi) is 3.69. The van der Waals surface area contributed by atoms with Gasteiger partial charge in [-0.25, -0.2) is 8.78 Å². The molecule has 0 aromatic rings. The van der Waals surface area contributed by atoms with Crippen LogP contribution in [0.1, 0.15) is 12.8 Å². The third-order valence-corrected chi connectivity index (χ3v) is 3.99. The Hall–Kier alpha value is -0.360. The number of carbonyl (C=O) groups excluding carboxylic acids is 1. The average Bonchev–Trinajstić information content (AvgIpc) is 2.48. The van der Waals surface area contributed by atoms with Crippen molar-refractivity contribution in [3.8, 4) is 0 Å². The molecule has 3 nitrogen and oxygen atoms in total. The van der Waals surface area contributed by atoms with E-state index in [0.29, 0.717) is 13.1 Å². The normalized spacial score (nSPS) is 30.1. The molecule has 92 valence electrons. The Balaban J connectivity index is 1.91. The molecule has 2 saturated heterocycles. The summed E-state index contributed by atoms with van der Waals surface area (Å²) >= 11 is 1.82. The van der Waals surface area contributed by atoms with Crippen molar-refractivity contribution in [1.29, 1.82) is 0 Å². The molecule has 1 unspecified atom stereocenters. The zero-order chi connectivity index (χ0) is 11.6. The predicted octanol–water partition coefficient (Wildman–Crippen LogP) is 0.949. The third-order valence-electron chi connectivity index (χ3n) is 2.94. The number of nitrogens with zero attached hydrogens (tertiary/aromatic N) is 1. The van der Waals surface area contributed by atoms with Crippen molar-refractivity contribution >= 4 is 17.7 Å². The van der Waals surface area contributed by atoms with E-state index in [2.05, 4.69) is 5.32 Å². The Morgan fingerprint density at radius 3 is 2.88 bits per heavy atom. The number of nitrogens with one attached hydrogen (secondary N) is 1. The van der Waals surface area contributed by atoms with Gasteiger partial charge >= 0.3 is 0 Å². The van der Waals surface area contributed by atoms with Crippen LogP contribution in [0.3, 0.4) is 0 Å². The van der Waals surface area contributed by atoms with Gasteiger partial charge in [0.15, 0.2) is 0 Å². The lowest BCUT2D eigenvalue weighted by Crippen LogP contribution is -2.44. The number of rotatable bonds is 1. The minimum absolute atomic E-state index is 0.153. The van der Waals surface area contributed by atoms with Gasteiger partial charge in [0, 0.05) is 25.3 Å². The van der Waals surface area contributed by atoms with Gasteiger partial charge in [-0.05, 0) is 12.2 Å². The van der Waals surface area contributed by atoms with Crippen molar-refractivity contribution in [2.75, 3.05) is 31.1 Å². The minimum atomic E-state index is -2.72. The van der Waals surface area contributed by atoms with Gasteiger partial charge in [0.05, 0.1) is 12.6 Å². The molecule has 2 fully saturated rings. The molecule has 2 aliphatic heterocycles. The minimum Gasteiger partial charge on any atom is -0.340 e. The molecule has 16 heavy (non-hydrogen) atoms. The number of carbonyl (C=O) groups is 1. The SMILES string of the molecule is O=C(C1CC(F)(F)CN1)N1CCCSCC1. The van der Waals surface area contributed by atoms with E-state index in [1.54, 1.807) is 4.90 Å². The highest BCUT2D eigenvalue weighted by molar-refractivity contribution is 7.99. The van der Waals surface area contributed by atoms with Gasteiger partial charge in [-0.3, -0.25) is 10.1 Å². The Morgan fingerprint density at radius 2 is 2.19 bits per heavy atom. The zero-order valence-electron chi connectivity index (χ0n) is 9.05. The van der Waals surface area contributed by atoms with Gasteiger partial charge in [-0.2, -0.15) is 11.8 Å². The van der Waals surface area contributed by atoms with E-state index in [0.717, 1.165) is 17.9 Å². The highest BCUT2D eigenvalue weighted by Crippen LogP contribution is 2.26. The van der Waals surface area contributed by atoms with Crippen molar-refractivity contribution in [3.63, 3.8) is 0 Å². The lowest BCUT2D eigenvalue weighted by atomic mass is 10.1. The first-order valence-corrected chi connectivity index (χ1v) is 6.72. The molecule has 6 heteroatoms. The van der Waals surface area contributed by atoms with Gasteiger partial charge in [0.25, 0.3) is 5.92 Å². The van der Waals surface area contributed by atoms with Crippen LogP contribution in [0.4, 0.5) is 8.78 Å². The fourth-order valence-corrected chi connectivity index (χ4v) is 2.96. The first-order valence-electron chi connectivity index (χ1n) is 5.56. The molecule has 1 amide bonds. The molecular formula is C10H16F2N2OS. The number of amides is 1. The molecule has 0 aliphatic carbocycles. The van der Waals surface area contributed by atoms with Crippen molar-refractivity contribution in [3.05, 3.63) is 0 Å². The smallest absolute Gasteiger partial charge is 0.262 e. The van der Waals surface area contributed by atoms with E-state index >= 15 is 0 Å². The summed E-state index contributed by atoms with van der Waals surface area (Å²) in [5.74, 6) is -0.909. The monoisotopic (exact) mass is 250 g/mol. The number of alkyl halides is 2. The molecule has 0 saturated carbocycles. The maximum Gasteiger partial charge on any atom is 0.262 e. The van der Waals surface area contributed by atoms with Crippen LogP contribution < -0.4 is 5.32 Å². The second kappa shape index (κ2) is 4.87. The quantitative estimate of drug-likeness (QED) is 0.752. The van der Waals surface area contributed by atoms with Gasteiger partial charge < -0.3 is 4.90 Å². The lowest BCUT2D eigenvalue weighted by molar-refractivity contribution is -0.133. The Labute approximate surface area is 97.9 Å². The maximum atomic E-state index is 13.0. The topological polar surface area (TPSA) is 32.3 Å². The highest BCUT2D eigenvalue weighted by Gasteiger charge is 2.43. The summed E-state index contributed by atoms with van der Waals surface area (Å²) in [7, 11) is 0. The van der Waals surface area contributed by atoms with E-state index in [1.807, 2.05) is 11.8 Å². The number of hydrogen-bond acceptors (Lipinski definition) is 3. The average molecular weight is 250 g/mol. The third kappa shape index (κ3) is 2.85. The summed E-state index contributed by atoms with van der Waals surface area (Å²) < 4.78 is 25.9. The summed E-state index contributed by atoms with van der Waals surface area (Å²) in [6.45, 7) is 1.02. The number of hydrogen-bond donors (Lipinski definition) is 1. The van der Waals surface area contributed by atoms with Crippen LogP contribution in [0.25, 0.3) is 0 Å². The lowest BCUT2D eigenvalue weighted by Gasteiger charge is -2.23. The molecule has 0 radical (unpaired) electrons. The summed E-state index contributed by atoms with van der Waals surface area (Å²) in [5.41, 5.74) is 0. The Morgan fingerprint density at radius 1 is 1.38 bits per heavy atom. The van der Waals surface area contributed by atoms with E-state index < -0.39 is 12.0 Å². The largest absolute Gasteiger partial charge is 0.340 e. The van der Waals surface area contributed by atoms with E-state index in [9.17, 15) is 13.6 Å². The van der Waals surface area contributed by atoms with Gasteiger partial charge in [-0.1, -0.05) is 0 Å². The van der Waals surface area contributed by atoms with Gasteiger partial charge in [0.2, 0.25) is 5.91 Å². The highest BCUT2D eigenvalue weighted by atomic mass is 32.2. The standard InChI is InChI=1S/C10H16F2N2OS/c11-10(12)6-8(13-7-10)9(15)14-2-1-4-16-5-3-14/h8,13H,1-7H2. The van der Waals surface area contributed by atoms with Crippen LogP contribution >= 0.6 is 11.8 Å². The number of halogens is 2. The molecule has 2 heterocycles. The van der Waals surface area contributed by atoms with E-state index in [-0.39, 0.29) is 18.9 Å². The van der Waals surface area contributed by atoms with Crippen molar-refractivity contribution in [2.45, 2.75) is 24.8 Å². The maximum absolute atomic E-state index is 13.0. The molecule has 2 rings (SSSR count). The van der Waals surface area contributed by atoms with Gasteiger partial charge in [-0.15, -0.1) is 0 Å². The summed E-state index contributed by atoms with van der Waals surface area (Å²) in [5, 5.41) is 2.62. The molecule has 0 bridgehead atoms. The van der Waals surface area contributed by atoms with Crippen LogP contribution in [0.15, 0.2) is 0 Å². The molecule has 0 spiro atoms. The summed E-state index contributed by atoms with van der Waals surface area (Å²) in [6.07, 6.45) is 0.606. The van der Waals surface area contributed by atoms with Crippen LogP contribution in [0.2, 0.25) is 0 Å². The fourth-order valence-electron chi connectivity index (χ4n) is 2.08. The fraction of sp³-hybridized carbons (Fsp3) is 0.900. The molecule has 0 aromatic carbocycles. The van der Waals surface area contributed by atoms with Gasteiger partial charge in [0.1, 0.15) is 0 Å². The number of thioether (sulfide) groups is 1.